The number of carboxylic acid groups (broad SMARTS) is 1. The first-order valence-corrected chi connectivity index (χ1v) is 4.53. The molecule has 72 valence electrons. The van der Waals surface area contributed by atoms with Gasteiger partial charge in [-0.05, 0) is 12.8 Å². The van der Waals surface area contributed by atoms with E-state index in [1.807, 2.05) is 12.2 Å². The molecule has 0 bridgehead atoms. The van der Waals surface area contributed by atoms with Crippen LogP contribution in [0.1, 0.15) is 32.6 Å². The van der Waals surface area contributed by atoms with E-state index in [4.69, 9.17) is 11.5 Å². The van der Waals surface area contributed by atoms with Gasteiger partial charge in [0.05, 0.1) is 5.92 Å². The number of hydrogen-bond acceptors (Lipinski definition) is 1. The van der Waals surface area contributed by atoms with Gasteiger partial charge < -0.3 is 5.11 Å². The zero-order valence-corrected chi connectivity index (χ0v) is 7.99. The van der Waals surface area contributed by atoms with E-state index in [-0.39, 0.29) is 0 Å². The van der Waals surface area contributed by atoms with Gasteiger partial charge in [0.15, 0.2) is 0 Å². The van der Waals surface area contributed by atoms with Crippen molar-refractivity contribution in [2.75, 3.05) is 0 Å². The summed E-state index contributed by atoms with van der Waals surface area (Å²) >= 11 is 0. The molecule has 1 N–H and O–H groups in total. The molecule has 0 aliphatic carbocycles. The smallest absolute Gasteiger partial charge is 0.307 e. The second kappa shape index (κ2) is 7.42. The minimum atomic E-state index is -0.806. The van der Waals surface area contributed by atoms with Crippen LogP contribution >= 0.6 is 0 Å². The molecule has 0 spiro atoms. The quantitative estimate of drug-likeness (QED) is 0.503. The molecule has 1 atom stereocenters. The molecule has 0 aromatic carbocycles. The summed E-state index contributed by atoms with van der Waals surface area (Å²) in [5, 5.41) is 8.73. The molecule has 13 heavy (non-hydrogen) atoms. The number of carboxylic acids is 1. The van der Waals surface area contributed by atoms with Gasteiger partial charge in [0.25, 0.3) is 0 Å². The van der Waals surface area contributed by atoms with Crippen LogP contribution in [-0.2, 0) is 4.79 Å². The maximum Gasteiger partial charge on any atom is 0.307 e. The standard InChI is InChI=1S/C11H16O2/c1-3-5-6-7-9-10(8-4-2)11(12)13/h2,6-7,10H,3,5,8-9H2,1H3,(H,12,13)/b7-6+. The van der Waals surface area contributed by atoms with Crippen molar-refractivity contribution < 1.29 is 9.90 Å². The van der Waals surface area contributed by atoms with Crippen LogP contribution in [0.15, 0.2) is 12.2 Å². The molecule has 0 aliphatic rings. The van der Waals surface area contributed by atoms with Crippen LogP contribution in [0.3, 0.4) is 0 Å². The number of unbranched alkanes of at least 4 members (excludes halogenated alkanes) is 1. The number of aliphatic carboxylic acids is 1. The Labute approximate surface area is 79.7 Å². The summed E-state index contributed by atoms with van der Waals surface area (Å²) < 4.78 is 0. The van der Waals surface area contributed by atoms with Crippen molar-refractivity contribution in [1.29, 1.82) is 0 Å². The fourth-order valence-electron chi connectivity index (χ4n) is 0.959. The van der Waals surface area contributed by atoms with Crippen molar-refractivity contribution in [2.45, 2.75) is 32.6 Å². The number of hydrogen-bond donors (Lipinski definition) is 1. The lowest BCUT2D eigenvalue weighted by molar-refractivity contribution is -0.141. The Morgan fingerprint density at radius 1 is 1.62 bits per heavy atom. The Hall–Kier alpha value is -1.23. The summed E-state index contributed by atoms with van der Waals surface area (Å²) in [4.78, 5) is 10.6. The minimum absolute atomic E-state index is 0.311. The van der Waals surface area contributed by atoms with Crippen molar-refractivity contribution >= 4 is 5.97 Å². The predicted octanol–water partition coefficient (Wildman–Crippen LogP) is 2.46. The van der Waals surface area contributed by atoms with Gasteiger partial charge in [0.2, 0.25) is 0 Å². The maximum atomic E-state index is 10.6. The highest BCUT2D eigenvalue weighted by molar-refractivity contribution is 5.70. The van der Waals surface area contributed by atoms with Crippen LogP contribution in [-0.4, -0.2) is 11.1 Å². The highest BCUT2D eigenvalue weighted by atomic mass is 16.4. The second-order valence-electron chi connectivity index (χ2n) is 2.94. The lowest BCUT2D eigenvalue weighted by Crippen LogP contribution is -2.11. The zero-order valence-electron chi connectivity index (χ0n) is 7.99. The van der Waals surface area contributed by atoms with E-state index in [1.54, 1.807) is 0 Å². The number of rotatable bonds is 6. The van der Waals surface area contributed by atoms with Crippen molar-refractivity contribution in [1.82, 2.24) is 0 Å². The number of allylic oxidation sites excluding steroid dienone is 2. The maximum absolute atomic E-state index is 10.6. The lowest BCUT2D eigenvalue weighted by Gasteiger charge is -2.04. The summed E-state index contributed by atoms with van der Waals surface area (Å²) in [6.45, 7) is 2.08. The second-order valence-corrected chi connectivity index (χ2v) is 2.94. The molecule has 0 heterocycles. The molecule has 0 radical (unpaired) electrons. The number of carbonyl (C=O) groups is 1. The van der Waals surface area contributed by atoms with Crippen molar-refractivity contribution in [3.8, 4) is 12.3 Å². The molecular formula is C11H16O2. The summed E-state index contributed by atoms with van der Waals surface area (Å²) in [6, 6.07) is 0. The van der Waals surface area contributed by atoms with Gasteiger partial charge in [0.1, 0.15) is 0 Å². The number of terminal acetylenes is 1. The van der Waals surface area contributed by atoms with Crippen LogP contribution < -0.4 is 0 Å². The molecule has 0 amide bonds. The molecule has 0 rings (SSSR count). The topological polar surface area (TPSA) is 37.3 Å². The summed E-state index contributed by atoms with van der Waals surface area (Å²) in [5.74, 6) is 1.15. The van der Waals surface area contributed by atoms with Gasteiger partial charge in [-0.25, -0.2) is 0 Å². The molecule has 0 saturated carbocycles. The fourth-order valence-corrected chi connectivity index (χ4v) is 0.959. The van der Waals surface area contributed by atoms with Crippen LogP contribution in [0.5, 0.6) is 0 Å². The highest BCUT2D eigenvalue weighted by Gasteiger charge is 2.13. The molecular weight excluding hydrogens is 164 g/mol. The van der Waals surface area contributed by atoms with Gasteiger partial charge in [-0.15, -0.1) is 12.3 Å². The molecule has 0 aromatic heterocycles. The van der Waals surface area contributed by atoms with Crippen molar-refractivity contribution in [2.24, 2.45) is 5.92 Å². The lowest BCUT2D eigenvalue weighted by atomic mass is 10.0. The molecule has 0 aromatic rings. The van der Waals surface area contributed by atoms with Gasteiger partial charge in [0, 0.05) is 6.42 Å². The Morgan fingerprint density at radius 2 is 2.31 bits per heavy atom. The average Bonchev–Trinajstić information content (AvgIpc) is 2.10. The molecule has 2 nitrogen and oxygen atoms in total. The third kappa shape index (κ3) is 5.98. The van der Waals surface area contributed by atoms with Crippen molar-refractivity contribution in [3.63, 3.8) is 0 Å². The monoisotopic (exact) mass is 180 g/mol. The molecule has 0 aliphatic heterocycles. The predicted molar refractivity (Wildman–Crippen MR) is 53.2 cm³/mol. The van der Waals surface area contributed by atoms with E-state index in [0.29, 0.717) is 12.8 Å². The van der Waals surface area contributed by atoms with Crippen LogP contribution in [0.25, 0.3) is 0 Å². The van der Waals surface area contributed by atoms with E-state index in [9.17, 15) is 4.79 Å². The van der Waals surface area contributed by atoms with Gasteiger partial charge in [-0.1, -0.05) is 25.5 Å². The molecule has 1 unspecified atom stereocenters. The molecule has 2 heteroatoms. The van der Waals surface area contributed by atoms with Gasteiger partial charge in [-0.2, -0.15) is 0 Å². The van der Waals surface area contributed by atoms with E-state index >= 15 is 0 Å². The van der Waals surface area contributed by atoms with E-state index in [1.165, 1.54) is 0 Å². The highest BCUT2D eigenvalue weighted by Crippen LogP contribution is 2.09. The fraction of sp³-hybridized carbons (Fsp3) is 0.545. The average molecular weight is 180 g/mol. The third-order valence-corrected chi connectivity index (χ3v) is 1.76. The Balaban J connectivity index is 3.83. The van der Waals surface area contributed by atoms with E-state index < -0.39 is 11.9 Å². The first kappa shape index (κ1) is 11.8. The third-order valence-electron chi connectivity index (χ3n) is 1.76. The van der Waals surface area contributed by atoms with E-state index in [0.717, 1.165) is 12.8 Å². The normalized spacial score (nSPS) is 12.6. The van der Waals surface area contributed by atoms with Gasteiger partial charge >= 0.3 is 5.97 Å². The van der Waals surface area contributed by atoms with Gasteiger partial charge in [-0.3, -0.25) is 4.79 Å². The van der Waals surface area contributed by atoms with Crippen molar-refractivity contribution in [3.05, 3.63) is 12.2 Å². The summed E-state index contributed by atoms with van der Waals surface area (Å²) in [6.07, 6.45) is 11.9. The largest absolute Gasteiger partial charge is 0.481 e. The van der Waals surface area contributed by atoms with E-state index in [2.05, 4.69) is 12.8 Å². The van der Waals surface area contributed by atoms with Crippen LogP contribution in [0.4, 0.5) is 0 Å². The van der Waals surface area contributed by atoms with Crippen LogP contribution in [0.2, 0.25) is 0 Å². The first-order chi connectivity index (χ1) is 6.22. The summed E-state index contributed by atoms with van der Waals surface area (Å²) in [7, 11) is 0. The molecule has 0 fully saturated rings. The minimum Gasteiger partial charge on any atom is -0.481 e. The Kier molecular flexibility index (Phi) is 6.72. The SMILES string of the molecule is C#CCC(C/C=C/CCC)C(=O)O. The molecule has 0 saturated heterocycles. The Morgan fingerprint density at radius 3 is 2.77 bits per heavy atom. The zero-order chi connectivity index (χ0) is 10.1. The van der Waals surface area contributed by atoms with Crippen LogP contribution in [0, 0.1) is 18.3 Å². The Bertz CT molecular complexity index is 211. The first-order valence-electron chi connectivity index (χ1n) is 4.53. The summed E-state index contributed by atoms with van der Waals surface area (Å²) in [5.41, 5.74) is 0.